The Labute approximate surface area is 189 Å². The number of hydrogen-bond donors (Lipinski definition) is 2. The van der Waals surface area contributed by atoms with Gasteiger partial charge in [-0.1, -0.05) is 12.1 Å². The first kappa shape index (κ1) is 22.3. The minimum Gasteiger partial charge on any atom is -0.497 e. The largest absolute Gasteiger partial charge is 0.497 e. The van der Waals surface area contributed by atoms with E-state index in [2.05, 4.69) is 5.10 Å². The van der Waals surface area contributed by atoms with Crippen molar-refractivity contribution in [3.05, 3.63) is 66.0 Å². The van der Waals surface area contributed by atoms with Crippen molar-refractivity contribution >= 4 is 27.6 Å². The van der Waals surface area contributed by atoms with Gasteiger partial charge in [0.05, 0.1) is 35.3 Å². The number of aromatic nitrogens is 2. The Bertz CT molecular complexity index is 1330. The summed E-state index contributed by atoms with van der Waals surface area (Å²) in [4.78, 5) is 23.0. The molecule has 0 spiro atoms. The van der Waals surface area contributed by atoms with Crippen LogP contribution in [0.5, 0.6) is 5.75 Å². The molecule has 3 aromatic rings. The van der Waals surface area contributed by atoms with E-state index in [-0.39, 0.29) is 22.1 Å². The minimum atomic E-state index is -4.25. The molecule has 0 aliphatic heterocycles. The van der Waals surface area contributed by atoms with Crippen molar-refractivity contribution in [3.63, 3.8) is 0 Å². The summed E-state index contributed by atoms with van der Waals surface area (Å²) in [7, 11) is -2.85. The van der Waals surface area contributed by atoms with E-state index in [1.165, 1.54) is 48.3 Å². The van der Waals surface area contributed by atoms with E-state index >= 15 is 0 Å². The minimum absolute atomic E-state index is 0.0536. The van der Waals surface area contributed by atoms with Gasteiger partial charge in [0.1, 0.15) is 17.9 Å². The molecule has 2 aromatic carbocycles. The zero-order chi connectivity index (χ0) is 23.8. The summed E-state index contributed by atoms with van der Waals surface area (Å²) in [6.45, 7) is -0.808. The maximum Gasteiger partial charge on any atom is 0.339 e. The highest BCUT2D eigenvalue weighted by atomic mass is 32.2. The molecule has 0 atom stereocenters. The molecule has 1 aromatic heterocycles. The smallest absolute Gasteiger partial charge is 0.339 e. The van der Waals surface area contributed by atoms with Gasteiger partial charge in [-0.2, -0.15) is 5.10 Å². The van der Waals surface area contributed by atoms with Crippen molar-refractivity contribution in [1.29, 1.82) is 0 Å². The van der Waals surface area contributed by atoms with Crippen molar-refractivity contribution in [2.75, 3.05) is 18.0 Å². The molecule has 10 nitrogen and oxygen atoms in total. The van der Waals surface area contributed by atoms with Gasteiger partial charge in [-0.3, -0.25) is 9.10 Å². The lowest BCUT2D eigenvalue weighted by atomic mass is 10.1. The van der Waals surface area contributed by atoms with Crippen LogP contribution < -0.4 is 9.04 Å². The molecule has 0 amide bonds. The topological polar surface area (TPSA) is 139 Å². The van der Waals surface area contributed by atoms with Gasteiger partial charge in [0, 0.05) is 12.0 Å². The lowest BCUT2D eigenvalue weighted by Gasteiger charge is -2.23. The van der Waals surface area contributed by atoms with Crippen LogP contribution in [0.4, 0.5) is 5.69 Å². The Balaban J connectivity index is 1.80. The summed E-state index contributed by atoms with van der Waals surface area (Å²) in [6, 6.07) is 11.9. The standard InChI is InChI=1S/C22H21N3O7S/c1-32-17-6-3-7-18(11-17)33(30,31)24(13-20(26)27)15-4-2-5-16(10-15)25-21(14-8-9-14)19(12-23-25)22(28)29/h2-7,10-12,14H,8-9,13H2,1H3,(H,26,27)(H,28,29). The van der Waals surface area contributed by atoms with Crippen molar-refractivity contribution < 1.29 is 33.0 Å². The Kier molecular flexibility index (Phi) is 5.81. The number of anilines is 1. The highest BCUT2D eigenvalue weighted by Crippen LogP contribution is 2.42. The number of benzene rings is 2. The van der Waals surface area contributed by atoms with E-state index in [1.807, 2.05) is 0 Å². The fourth-order valence-electron chi connectivity index (χ4n) is 3.58. The highest BCUT2D eigenvalue weighted by molar-refractivity contribution is 7.92. The Morgan fingerprint density at radius 2 is 1.88 bits per heavy atom. The Hall–Kier alpha value is -3.86. The van der Waals surface area contributed by atoms with Gasteiger partial charge in [-0.05, 0) is 43.2 Å². The van der Waals surface area contributed by atoms with Gasteiger partial charge in [0.2, 0.25) is 0 Å². The zero-order valence-corrected chi connectivity index (χ0v) is 18.4. The summed E-state index contributed by atoms with van der Waals surface area (Å²) in [5.41, 5.74) is 1.17. The summed E-state index contributed by atoms with van der Waals surface area (Å²) < 4.78 is 34.1. The molecule has 1 aliphatic carbocycles. The quantitative estimate of drug-likeness (QED) is 0.486. The fraction of sp³-hybridized carbons (Fsp3) is 0.227. The number of rotatable bonds is 9. The van der Waals surface area contributed by atoms with Gasteiger partial charge in [-0.15, -0.1) is 0 Å². The van der Waals surface area contributed by atoms with Gasteiger partial charge in [0.25, 0.3) is 10.0 Å². The maximum atomic E-state index is 13.4. The predicted molar refractivity (Wildman–Crippen MR) is 118 cm³/mol. The monoisotopic (exact) mass is 471 g/mol. The third-order valence-corrected chi connectivity index (χ3v) is 7.04. The van der Waals surface area contributed by atoms with Crippen molar-refractivity contribution in [1.82, 2.24) is 9.78 Å². The van der Waals surface area contributed by atoms with Crippen LogP contribution in [0.15, 0.2) is 59.6 Å². The average molecular weight is 471 g/mol. The first-order valence-corrected chi connectivity index (χ1v) is 11.5. The van der Waals surface area contributed by atoms with Crippen LogP contribution in [-0.4, -0.2) is 54.0 Å². The van der Waals surface area contributed by atoms with E-state index in [9.17, 15) is 28.2 Å². The molecule has 1 saturated carbocycles. The van der Waals surface area contributed by atoms with Gasteiger partial charge in [0.15, 0.2) is 0 Å². The molecule has 1 heterocycles. The summed E-state index contributed by atoms with van der Waals surface area (Å²) in [5.74, 6) is -2.06. The Morgan fingerprint density at radius 1 is 1.15 bits per heavy atom. The second-order valence-electron chi connectivity index (χ2n) is 7.54. The molecule has 1 aliphatic rings. The number of aromatic carboxylic acids is 1. The molecule has 0 saturated heterocycles. The SMILES string of the molecule is COc1cccc(S(=O)(=O)N(CC(=O)O)c2cccc(-n3ncc(C(=O)O)c3C3CC3)c2)c1. The predicted octanol–water partition coefficient (Wildman–Crippen LogP) is 2.74. The molecule has 33 heavy (non-hydrogen) atoms. The number of ether oxygens (including phenoxy) is 1. The van der Waals surface area contributed by atoms with Gasteiger partial charge in [-0.25, -0.2) is 17.9 Å². The lowest BCUT2D eigenvalue weighted by Crippen LogP contribution is -2.35. The molecule has 11 heteroatoms. The second-order valence-corrected chi connectivity index (χ2v) is 9.40. The highest BCUT2D eigenvalue weighted by Gasteiger charge is 2.33. The number of hydrogen-bond acceptors (Lipinski definition) is 6. The van der Waals surface area contributed by atoms with Crippen LogP contribution in [-0.2, 0) is 14.8 Å². The average Bonchev–Trinajstić information content (AvgIpc) is 3.54. The first-order valence-electron chi connectivity index (χ1n) is 10.0. The number of carbonyl (C=O) groups is 2. The van der Waals surface area contributed by atoms with E-state index in [0.717, 1.165) is 17.1 Å². The lowest BCUT2D eigenvalue weighted by molar-refractivity contribution is -0.135. The first-order chi connectivity index (χ1) is 15.7. The van der Waals surface area contributed by atoms with Crippen LogP contribution in [0.3, 0.4) is 0 Å². The molecule has 0 radical (unpaired) electrons. The van der Waals surface area contributed by atoms with E-state index in [0.29, 0.717) is 17.1 Å². The zero-order valence-electron chi connectivity index (χ0n) is 17.6. The third kappa shape index (κ3) is 4.40. The van der Waals surface area contributed by atoms with Crippen LogP contribution in [0.2, 0.25) is 0 Å². The van der Waals surface area contributed by atoms with Crippen LogP contribution >= 0.6 is 0 Å². The number of sulfonamides is 1. The number of methoxy groups -OCH3 is 1. The summed E-state index contributed by atoms with van der Waals surface area (Å²) in [6.07, 6.45) is 2.94. The molecule has 1 fully saturated rings. The number of carboxylic acid groups (broad SMARTS) is 2. The fourth-order valence-corrected chi connectivity index (χ4v) is 5.03. The maximum absolute atomic E-state index is 13.4. The second kappa shape index (κ2) is 8.58. The molecule has 2 N–H and O–H groups in total. The third-order valence-electron chi connectivity index (χ3n) is 5.27. The number of nitrogens with zero attached hydrogens (tertiary/aromatic N) is 3. The number of aliphatic carboxylic acids is 1. The molecular weight excluding hydrogens is 450 g/mol. The van der Waals surface area contributed by atoms with E-state index in [1.54, 1.807) is 18.2 Å². The molecule has 4 rings (SSSR count). The van der Waals surface area contributed by atoms with Crippen molar-refractivity contribution in [2.24, 2.45) is 0 Å². The van der Waals surface area contributed by atoms with Crippen LogP contribution in [0.25, 0.3) is 5.69 Å². The molecule has 172 valence electrons. The van der Waals surface area contributed by atoms with Crippen molar-refractivity contribution in [2.45, 2.75) is 23.7 Å². The van der Waals surface area contributed by atoms with E-state index in [4.69, 9.17) is 4.74 Å². The van der Waals surface area contributed by atoms with Crippen molar-refractivity contribution in [3.8, 4) is 11.4 Å². The summed E-state index contributed by atoms with van der Waals surface area (Å²) in [5, 5.41) is 23.1. The normalized spacial score (nSPS) is 13.5. The Morgan fingerprint density at radius 3 is 2.52 bits per heavy atom. The molecule has 0 unspecified atom stereocenters. The van der Waals surface area contributed by atoms with E-state index < -0.39 is 28.5 Å². The number of carboxylic acids is 2. The van der Waals surface area contributed by atoms with Gasteiger partial charge < -0.3 is 14.9 Å². The van der Waals surface area contributed by atoms with Crippen LogP contribution in [0, 0.1) is 0 Å². The van der Waals surface area contributed by atoms with Gasteiger partial charge >= 0.3 is 11.9 Å². The molecule has 0 bridgehead atoms. The molecular formula is C22H21N3O7S. The van der Waals surface area contributed by atoms with Crippen LogP contribution in [0.1, 0.15) is 34.8 Å². The summed E-state index contributed by atoms with van der Waals surface area (Å²) >= 11 is 0.